The van der Waals surface area contributed by atoms with Gasteiger partial charge < -0.3 is 15.5 Å². The van der Waals surface area contributed by atoms with Crippen LogP contribution in [0.4, 0.5) is 18.0 Å². The number of pyridine rings is 1. The molecule has 2 N–H and O–H groups in total. The number of carbonyl (C=O) groups is 3. The molecule has 5 rings (SSSR count). The molecule has 0 fully saturated rings. The Labute approximate surface area is 222 Å². The number of hydrogen-bond donors (Lipinski definition) is 2. The first kappa shape index (κ1) is 26.0. The van der Waals surface area contributed by atoms with Gasteiger partial charge in [-0.05, 0) is 29.3 Å². The summed E-state index contributed by atoms with van der Waals surface area (Å²) in [6.45, 7) is -0.0287. The summed E-state index contributed by atoms with van der Waals surface area (Å²) in [6.07, 6.45) is -3.11. The van der Waals surface area contributed by atoms with Crippen LogP contribution in [0.3, 0.4) is 0 Å². The van der Waals surface area contributed by atoms with E-state index in [4.69, 9.17) is 0 Å². The lowest BCUT2D eigenvalue weighted by atomic mass is 9.91. The minimum absolute atomic E-state index is 0.00717. The number of likely N-dealkylation sites (N-methyl/N-ethyl adjacent to an activating group) is 1. The van der Waals surface area contributed by atoms with Gasteiger partial charge in [0.1, 0.15) is 6.04 Å². The van der Waals surface area contributed by atoms with Crippen molar-refractivity contribution in [3.05, 3.63) is 113 Å². The molecule has 2 aliphatic heterocycles. The summed E-state index contributed by atoms with van der Waals surface area (Å²) in [5.41, 5.74) is 0.159. The van der Waals surface area contributed by atoms with Gasteiger partial charge >= 0.3 is 12.2 Å². The van der Waals surface area contributed by atoms with Crippen LogP contribution in [0.25, 0.3) is 0 Å². The summed E-state index contributed by atoms with van der Waals surface area (Å²) in [5, 5.41) is 5.35. The number of carbonyl (C=O) groups excluding carboxylic acids is 3. The zero-order valence-corrected chi connectivity index (χ0v) is 20.8. The van der Waals surface area contributed by atoms with Crippen molar-refractivity contribution in [3.63, 3.8) is 0 Å². The molecular weight excluding hydrogens is 511 g/mol. The van der Waals surface area contributed by atoms with Crippen LogP contribution in [-0.4, -0.2) is 46.2 Å². The highest BCUT2D eigenvalue weighted by molar-refractivity contribution is 6.03. The second-order valence-electron chi connectivity index (χ2n) is 9.17. The molecule has 0 unspecified atom stereocenters. The van der Waals surface area contributed by atoms with Crippen LogP contribution < -0.4 is 10.6 Å². The van der Waals surface area contributed by atoms with Crippen molar-refractivity contribution in [1.82, 2.24) is 25.4 Å². The van der Waals surface area contributed by atoms with Gasteiger partial charge in [0.15, 0.2) is 0 Å². The molecule has 3 heterocycles. The maximum atomic E-state index is 13.9. The Hall–Kier alpha value is -4.67. The number of amides is 4. The highest BCUT2D eigenvalue weighted by atomic mass is 19.4. The number of hydrogen-bond acceptors (Lipinski definition) is 4. The summed E-state index contributed by atoms with van der Waals surface area (Å²) in [7, 11) is 1.44. The topological polar surface area (TPSA) is 94.6 Å². The van der Waals surface area contributed by atoms with E-state index in [1.54, 1.807) is 54.7 Å². The first-order valence-electron chi connectivity index (χ1n) is 12.1. The van der Waals surface area contributed by atoms with Crippen molar-refractivity contribution < 1.29 is 27.6 Å². The molecule has 0 saturated heterocycles. The second kappa shape index (κ2) is 10.2. The van der Waals surface area contributed by atoms with Crippen LogP contribution >= 0.6 is 0 Å². The summed E-state index contributed by atoms with van der Waals surface area (Å²) in [4.78, 5) is 47.0. The number of nitrogens with zero attached hydrogens (tertiary/aromatic N) is 3. The lowest BCUT2D eigenvalue weighted by Crippen LogP contribution is -2.45. The van der Waals surface area contributed by atoms with Gasteiger partial charge in [-0.15, -0.1) is 0 Å². The predicted octanol–water partition coefficient (Wildman–Crippen LogP) is 3.95. The first-order valence-corrected chi connectivity index (χ1v) is 12.1. The van der Waals surface area contributed by atoms with Gasteiger partial charge in [0.05, 0.1) is 41.7 Å². The Balaban J connectivity index is 1.52. The Bertz CT molecular complexity index is 1440. The Morgan fingerprint density at radius 1 is 1.05 bits per heavy atom. The zero-order chi connectivity index (χ0) is 27.7. The molecule has 0 aliphatic carbocycles. The molecule has 0 bridgehead atoms. The summed E-state index contributed by atoms with van der Waals surface area (Å²) >= 11 is 0. The fourth-order valence-electron chi connectivity index (χ4n) is 4.92. The lowest BCUT2D eigenvalue weighted by molar-refractivity contribution is -0.138. The molecule has 0 spiro atoms. The van der Waals surface area contributed by atoms with Gasteiger partial charge in [0, 0.05) is 13.2 Å². The van der Waals surface area contributed by atoms with E-state index < -0.39 is 41.7 Å². The molecule has 2 atom stereocenters. The van der Waals surface area contributed by atoms with Crippen molar-refractivity contribution in [2.75, 3.05) is 13.6 Å². The van der Waals surface area contributed by atoms with Crippen molar-refractivity contribution in [2.24, 2.45) is 0 Å². The lowest BCUT2D eigenvalue weighted by Gasteiger charge is -2.32. The molecule has 2 aliphatic rings. The predicted molar refractivity (Wildman–Crippen MR) is 134 cm³/mol. The number of halogens is 3. The maximum absolute atomic E-state index is 13.9. The zero-order valence-electron chi connectivity index (χ0n) is 20.8. The highest BCUT2D eigenvalue weighted by Crippen LogP contribution is 2.43. The SMILES string of the molecule is CN1C(=O)N[C@H](c2ccccc2C(F)(F)F)C2=C1CN([C@@H](C(=O)NCc1ccccn1)c1ccccc1)C2=O. The van der Waals surface area contributed by atoms with Gasteiger partial charge in [0.2, 0.25) is 5.91 Å². The molecular formula is C28H24F3N5O3. The van der Waals surface area contributed by atoms with E-state index >= 15 is 0 Å². The van der Waals surface area contributed by atoms with E-state index in [0.717, 1.165) is 6.07 Å². The molecule has 2 aromatic carbocycles. The summed E-state index contributed by atoms with van der Waals surface area (Å²) in [6, 6.07) is 15.6. The van der Waals surface area contributed by atoms with E-state index in [1.807, 2.05) is 0 Å². The quantitative estimate of drug-likeness (QED) is 0.500. The molecule has 8 nitrogen and oxygen atoms in total. The normalized spacial score (nSPS) is 18.1. The van der Waals surface area contributed by atoms with Crippen LogP contribution in [0, 0.1) is 0 Å². The maximum Gasteiger partial charge on any atom is 0.416 e. The van der Waals surface area contributed by atoms with Crippen molar-refractivity contribution in [2.45, 2.75) is 24.8 Å². The van der Waals surface area contributed by atoms with Gasteiger partial charge in [-0.25, -0.2) is 4.79 Å². The third-order valence-electron chi connectivity index (χ3n) is 6.81. The van der Waals surface area contributed by atoms with E-state index in [1.165, 1.54) is 35.0 Å². The molecule has 4 amide bonds. The van der Waals surface area contributed by atoms with Gasteiger partial charge in [-0.1, -0.05) is 54.6 Å². The van der Waals surface area contributed by atoms with Gasteiger partial charge in [-0.3, -0.25) is 19.5 Å². The van der Waals surface area contributed by atoms with Crippen LogP contribution in [0.1, 0.15) is 34.5 Å². The third-order valence-corrected chi connectivity index (χ3v) is 6.81. The van der Waals surface area contributed by atoms with Crippen molar-refractivity contribution >= 4 is 17.8 Å². The number of aromatic nitrogens is 1. The minimum atomic E-state index is -4.70. The Kier molecular flexibility index (Phi) is 6.81. The Morgan fingerprint density at radius 3 is 2.44 bits per heavy atom. The summed E-state index contributed by atoms with van der Waals surface area (Å²) in [5.74, 6) is -1.13. The number of urea groups is 1. The average Bonchev–Trinajstić information content (AvgIpc) is 3.27. The first-order chi connectivity index (χ1) is 18.7. The number of nitrogens with one attached hydrogen (secondary N) is 2. The van der Waals surface area contributed by atoms with E-state index in [-0.39, 0.29) is 29.9 Å². The van der Waals surface area contributed by atoms with Crippen LogP contribution in [0.15, 0.2) is 90.3 Å². The fourth-order valence-corrected chi connectivity index (χ4v) is 4.92. The smallest absolute Gasteiger partial charge is 0.348 e. The highest BCUT2D eigenvalue weighted by Gasteiger charge is 2.48. The van der Waals surface area contributed by atoms with Gasteiger partial charge in [-0.2, -0.15) is 13.2 Å². The summed E-state index contributed by atoms with van der Waals surface area (Å²) < 4.78 is 41.6. The molecule has 0 radical (unpaired) electrons. The second-order valence-corrected chi connectivity index (χ2v) is 9.17. The fraction of sp³-hybridized carbons (Fsp3) is 0.214. The monoisotopic (exact) mass is 535 g/mol. The molecule has 11 heteroatoms. The van der Waals surface area contributed by atoms with Crippen LogP contribution in [0.2, 0.25) is 0 Å². The standard InChI is InChI=1S/C28H24F3N5O3/c1-35-21-16-36(24(17-9-3-2-4-10-17)25(37)33-15-18-11-7-8-14-32-18)26(38)22(21)23(34-27(35)39)19-12-5-6-13-20(19)28(29,30)31/h2-14,23-24H,15-16H2,1H3,(H,33,37)(H,34,39)/t23-,24-/m1/s1. The number of benzene rings is 2. The van der Waals surface area contributed by atoms with Gasteiger partial charge in [0.25, 0.3) is 5.91 Å². The largest absolute Gasteiger partial charge is 0.416 e. The molecule has 39 heavy (non-hydrogen) atoms. The van der Waals surface area contributed by atoms with E-state index in [0.29, 0.717) is 11.3 Å². The third kappa shape index (κ3) is 4.95. The number of alkyl halides is 3. The Morgan fingerprint density at radius 2 is 1.74 bits per heavy atom. The number of rotatable bonds is 6. The van der Waals surface area contributed by atoms with Crippen LogP contribution in [-0.2, 0) is 22.3 Å². The molecule has 1 aromatic heterocycles. The van der Waals surface area contributed by atoms with Crippen molar-refractivity contribution in [1.29, 1.82) is 0 Å². The van der Waals surface area contributed by atoms with Crippen LogP contribution in [0.5, 0.6) is 0 Å². The average molecular weight is 536 g/mol. The molecule has 0 saturated carbocycles. The van der Waals surface area contributed by atoms with E-state index in [9.17, 15) is 27.6 Å². The molecule has 200 valence electrons. The van der Waals surface area contributed by atoms with E-state index in [2.05, 4.69) is 15.6 Å². The molecule has 3 aromatic rings. The van der Waals surface area contributed by atoms with Crippen molar-refractivity contribution in [3.8, 4) is 0 Å². The minimum Gasteiger partial charge on any atom is -0.348 e.